The molecule has 0 bridgehead atoms. The number of rotatable bonds is 0. The highest BCUT2D eigenvalue weighted by Gasteiger charge is 2.32. The number of nitrogens with one attached hydrogen (secondary N) is 1. The lowest BCUT2D eigenvalue weighted by Crippen LogP contribution is -2.26. The van der Waals surface area contributed by atoms with Gasteiger partial charge in [-0.05, 0) is 6.42 Å². The number of hydrogen-bond acceptors (Lipinski definition) is 4. The second kappa shape index (κ2) is 3.00. The quantitative estimate of drug-likeness (QED) is 0.471. The molecule has 2 rings (SSSR count). The Hall–Kier alpha value is -0.910. The molecule has 0 aromatic heterocycles. The summed E-state index contributed by atoms with van der Waals surface area (Å²) in [6, 6.07) is 0. The predicted molar refractivity (Wildman–Crippen MR) is 38.5 cm³/mol. The van der Waals surface area contributed by atoms with Gasteiger partial charge in [0.05, 0.1) is 12.1 Å². The number of fused-ring (bicyclic) bond motifs is 1. The van der Waals surface area contributed by atoms with Crippen LogP contribution in [-0.4, -0.2) is 23.0 Å². The third-order valence-corrected chi connectivity index (χ3v) is 1.71. The second-order valence-electron chi connectivity index (χ2n) is 2.37. The smallest absolute Gasteiger partial charge is 0.150 e. The average Bonchev–Trinajstić information content (AvgIpc) is 2.34. The number of hydrogen-bond donors (Lipinski definition) is 2. The van der Waals surface area contributed by atoms with Crippen LogP contribution in [0.2, 0.25) is 0 Å². The lowest BCUT2D eigenvalue weighted by Gasteiger charge is -2.09. The van der Waals surface area contributed by atoms with Crippen molar-refractivity contribution in [3.8, 4) is 0 Å². The summed E-state index contributed by atoms with van der Waals surface area (Å²) in [5.41, 5.74) is 2.47. The van der Waals surface area contributed by atoms with E-state index in [1.807, 2.05) is 0 Å². The van der Waals surface area contributed by atoms with Gasteiger partial charge in [0, 0.05) is 6.21 Å². The molecule has 1 fully saturated rings. The molecule has 11 heavy (non-hydrogen) atoms. The Balaban J connectivity index is 0.000000605. The molecule has 2 aliphatic heterocycles. The number of nitrogens with zero attached hydrogens (tertiary/aromatic N) is 1. The van der Waals surface area contributed by atoms with Gasteiger partial charge in [-0.2, -0.15) is 0 Å². The molecule has 0 amide bonds. The van der Waals surface area contributed by atoms with Crippen LogP contribution in [0.15, 0.2) is 17.0 Å². The minimum atomic E-state index is -0.571. The molecule has 1 saturated heterocycles. The zero-order valence-corrected chi connectivity index (χ0v) is 5.82. The highest BCUT2D eigenvalue weighted by molar-refractivity contribution is 5.61. The van der Waals surface area contributed by atoms with E-state index in [0.29, 0.717) is 0 Å². The normalized spacial score (nSPS) is 33.4. The maximum atomic E-state index is 9.19. The van der Waals surface area contributed by atoms with Gasteiger partial charge in [-0.3, -0.25) is 4.99 Å². The van der Waals surface area contributed by atoms with Crippen molar-refractivity contribution in [2.45, 2.75) is 12.6 Å². The van der Waals surface area contributed by atoms with Crippen molar-refractivity contribution in [2.75, 3.05) is 0 Å². The zero-order valence-electron chi connectivity index (χ0n) is 5.82. The molecule has 0 aromatic rings. The first-order valence-corrected chi connectivity index (χ1v) is 3.20. The summed E-state index contributed by atoms with van der Waals surface area (Å²) in [6.45, 7) is 0. The lowest BCUT2D eigenvalue weighted by atomic mass is 10.0. The Labute approximate surface area is 63.7 Å². The Kier molecular flexibility index (Phi) is 2.23. The molecule has 0 saturated carbocycles. The second-order valence-corrected chi connectivity index (χ2v) is 2.37. The van der Waals surface area contributed by atoms with Crippen molar-refractivity contribution >= 4 is 6.21 Å². The number of aliphatic hydroxyl groups excluding tert-OH is 1. The van der Waals surface area contributed by atoms with E-state index in [1.165, 1.54) is 0 Å². The van der Waals surface area contributed by atoms with Crippen molar-refractivity contribution in [1.82, 2.24) is 5.48 Å². The fraction of sp³-hybridized carbons (Fsp3) is 0.500. The van der Waals surface area contributed by atoms with Crippen LogP contribution >= 0.6 is 0 Å². The summed E-state index contributed by atoms with van der Waals surface area (Å²) in [7, 11) is 0. The summed E-state index contributed by atoms with van der Waals surface area (Å²) in [5, 5.41) is 9.19. The Morgan fingerprint density at radius 3 is 3.27 bits per heavy atom. The number of hydroxylamine groups is 1. The third kappa shape index (κ3) is 1.25. The molecule has 5 heteroatoms. The number of aliphatic imine (C=N–C) groups is 1. The average molecular weight is 158 g/mol. The first-order chi connectivity index (χ1) is 4.88. The van der Waals surface area contributed by atoms with Crippen LogP contribution in [-0.2, 0) is 4.84 Å². The van der Waals surface area contributed by atoms with Gasteiger partial charge in [0.15, 0.2) is 0 Å². The summed E-state index contributed by atoms with van der Waals surface area (Å²) >= 11 is 0. The molecule has 0 radical (unpaired) electrons. The van der Waals surface area contributed by atoms with Gasteiger partial charge < -0.3 is 15.4 Å². The Bertz CT molecular complexity index is 202. The standard InChI is InChI=1S/C6H8N2O2.H2O/c9-6-4-1-2-7-3-5(4)10-8-6;/h2-4,6,8-9H,1H2;1H2. The first-order valence-electron chi connectivity index (χ1n) is 3.20. The van der Waals surface area contributed by atoms with Crippen molar-refractivity contribution in [3.05, 3.63) is 12.0 Å². The molecule has 5 nitrogen and oxygen atoms in total. The molecule has 62 valence electrons. The van der Waals surface area contributed by atoms with Gasteiger partial charge in [-0.25, -0.2) is 0 Å². The van der Waals surface area contributed by atoms with Gasteiger partial charge in [-0.1, -0.05) is 0 Å². The van der Waals surface area contributed by atoms with Crippen LogP contribution in [0.3, 0.4) is 0 Å². The van der Waals surface area contributed by atoms with Crippen LogP contribution in [0.1, 0.15) is 6.42 Å². The highest BCUT2D eigenvalue weighted by atomic mass is 16.7. The minimum Gasteiger partial charge on any atom is -0.412 e. The molecule has 0 aromatic carbocycles. The van der Waals surface area contributed by atoms with Gasteiger partial charge in [0.1, 0.15) is 12.0 Å². The van der Waals surface area contributed by atoms with Gasteiger partial charge in [0.25, 0.3) is 0 Å². The van der Waals surface area contributed by atoms with E-state index < -0.39 is 6.23 Å². The summed E-state index contributed by atoms with van der Waals surface area (Å²) in [5.74, 6) is 0.799. The Morgan fingerprint density at radius 2 is 2.55 bits per heavy atom. The van der Waals surface area contributed by atoms with Crippen LogP contribution in [0.5, 0.6) is 0 Å². The largest absolute Gasteiger partial charge is 0.412 e. The van der Waals surface area contributed by atoms with Crippen LogP contribution in [0, 0.1) is 5.92 Å². The minimum absolute atomic E-state index is 0. The molecule has 2 atom stereocenters. The monoisotopic (exact) mass is 158 g/mol. The summed E-state index contributed by atoms with van der Waals surface area (Å²) < 4.78 is 0. The van der Waals surface area contributed by atoms with E-state index >= 15 is 0 Å². The molecule has 0 aliphatic carbocycles. The number of aliphatic hydroxyl groups is 1. The molecular formula is C6H10N2O3. The molecule has 2 heterocycles. The first kappa shape index (κ1) is 8.19. The van der Waals surface area contributed by atoms with Gasteiger partial charge >= 0.3 is 0 Å². The van der Waals surface area contributed by atoms with Gasteiger partial charge in [0.2, 0.25) is 0 Å². The van der Waals surface area contributed by atoms with Crippen molar-refractivity contribution < 1.29 is 15.4 Å². The van der Waals surface area contributed by atoms with Crippen LogP contribution in [0.25, 0.3) is 0 Å². The molecule has 2 aliphatic rings. The van der Waals surface area contributed by atoms with Crippen LogP contribution < -0.4 is 5.48 Å². The third-order valence-electron chi connectivity index (χ3n) is 1.71. The lowest BCUT2D eigenvalue weighted by molar-refractivity contribution is 0.0349. The predicted octanol–water partition coefficient (Wildman–Crippen LogP) is -1.05. The molecule has 0 spiro atoms. The SMILES string of the molecule is O.OC1NOC2=CN=CCC21. The van der Waals surface area contributed by atoms with Crippen LogP contribution in [0.4, 0.5) is 0 Å². The van der Waals surface area contributed by atoms with E-state index in [9.17, 15) is 5.11 Å². The highest BCUT2D eigenvalue weighted by Crippen LogP contribution is 2.26. The van der Waals surface area contributed by atoms with E-state index in [-0.39, 0.29) is 11.4 Å². The van der Waals surface area contributed by atoms with E-state index in [4.69, 9.17) is 4.84 Å². The Morgan fingerprint density at radius 1 is 1.73 bits per heavy atom. The fourth-order valence-corrected chi connectivity index (χ4v) is 1.11. The van der Waals surface area contributed by atoms with E-state index in [1.54, 1.807) is 12.4 Å². The summed E-state index contributed by atoms with van der Waals surface area (Å²) in [4.78, 5) is 8.81. The van der Waals surface area contributed by atoms with Crippen molar-refractivity contribution in [1.29, 1.82) is 0 Å². The summed E-state index contributed by atoms with van der Waals surface area (Å²) in [6.07, 6.45) is 3.57. The maximum Gasteiger partial charge on any atom is 0.150 e. The zero-order chi connectivity index (χ0) is 6.97. The maximum absolute atomic E-state index is 9.19. The molecule has 4 N–H and O–H groups in total. The van der Waals surface area contributed by atoms with Gasteiger partial charge in [-0.15, -0.1) is 5.48 Å². The molecular weight excluding hydrogens is 148 g/mol. The van der Waals surface area contributed by atoms with Crippen molar-refractivity contribution in [2.24, 2.45) is 10.9 Å². The fourth-order valence-electron chi connectivity index (χ4n) is 1.11. The van der Waals surface area contributed by atoms with E-state index in [2.05, 4.69) is 10.5 Å². The van der Waals surface area contributed by atoms with E-state index in [0.717, 1.165) is 12.2 Å². The molecule has 2 unspecified atom stereocenters. The van der Waals surface area contributed by atoms with Crippen molar-refractivity contribution in [3.63, 3.8) is 0 Å². The topological polar surface area (TPSA) is 85.4 Å².